The number of nitrogens with zero attached hydrogens (tertiary/aromatic N) is 3. The van der Waals surface area contributed by atoms with Gasteiger partial charge in [-0.25, -0.2) is 5.43 Å². The second kappa shape index (κ2) is 9.91. The molecule has 156 valence electrons. The maximum Gasteiger partial charge on any atom is 0.261 e. The van der Waals surface area contributed by atoms with Gasteiger partial charge in [0.15, 0.2) is 0 Å². The molecule has 1 aromatic heterocycles. The zero-order chi connectivity index (χ0) is 21.7. The standard InChI is InChI=1S/C22H22BrClN4O2/c1-14(25-26-21(29)12-28-16(3)22(23)15(2)27-28)17-8-10-19(11-9-17)30-13-18-6-4-5-7-20(18)24/h4-11H,12-13H2,1-3H3,(H,26,29)/b25-14+. The van der Waals surface area contributed by atoms with Crippen LogP contribution in [0, 0.1) is 13.8 Å². The summed E-state index contributed by atoms with van der Waals surface area (Å²) >= 11 is 9.60. The van der Waals surface area contributed by atoms with Gasteiger partial charge in [-0.05, 0) is 72.6 Å². The van der Waals surface area contributed by atoms with Crippen molar-refractivity contribution >= 4 is 39.1 Å². The van der Waals surface area contributed by atoms with Crippen LogP contribution in [0.25, 0.3) is 0 Å². The summed E-state index contributed by atoms with van der Waals surface area (Å²) in [5, 5.41) is 9.20. The van der Waals surface area contributed by atoms with Gasteiger partial charge >= 0.3 is 0 Å². The molecule has 3 rings (SSSR count). The number of hydrogen-bond acceptors (Lipinski definition) is 4. The first kappa shape index (κ1) is 22.1. The molecule has 0 aliphatic carbocycles. The fraction of sp³-hybridized carbons (Fsp3) is 0.227. The van der Waals surface area contributed by atoms with E-state index in [-0.39, 0.29) is 12.5 Å². The molecule has 6 nitrogen and oxygen atoms in total. The molecule has 1 heterocycles. The van der Waals surface area contributed by atoms with Crippen molar-refractivity contribution in [2.24, 2.45) is 5.10 Å². The van der Waals surface area contributed by atoms with Crippen molar-refractivity contribution in [2.75, 3.05) is 0 Å². The summed E-state index contributed by atoms with van der Waals surface area (Å²) in [4.78, 5) is 12.2. The SMILES string of the molecule is C/C(=N\NC(=O)Cn1nc(C)c(Br)c1C)c1ccc(OCc2ccccc2Cl)cc1. The van der Waals surface area contributed by atoms with E-state index < -0.39 is 0 Å². The highest BCUT2D eigenvalue weighted by Gasteiger charge is 2.11. The summed E-state index contributed by atoms with van der Waals surface area (Å²) in [5.74, 6) is 0.484. The third-order valence-electron chi connectivity index (χ3n) is 4.56. The zero-order valence-corrected chi connectivity index (χ0v) is 19.3. The van der Waals surface area contributed by atoms with E-state index in [4.69, 9.17) is 16.3 Å². The molecule has 0 aliphatic heterocycles. The van der Waals surface area contributed by atoms with Gasteiger partial charge in [-0.15, -0.1) is 0 Å². The molecule has 0 aliphatic rings. The van der Waals surface area contributed by atoms with Crippen LogP contribution in [0.4, 0.5) is 0 Å². The average molecular weight is 490 g/mol. The number of benzene rings is 2. The Morgan fingerprint density at radius 2 is 1.90 bits per heavy atom. The molecule has 0 bridgehead atoms. The number of hydrogen-bond donors (Lipinski definition) is 1. The van der Waals surface area contributed by atoms with Crippen LogP contribution in [-0.2, 0) is 17.9 Å². The minimum atomic E-state index is -0.243. The highest BCUT2D eigenvalue weighted by atomic mass is 79.9. The van der Waals surface area contributed by atoms with Gasteiger partial charge in [0.05, 0.1) is 21.6 Å². The molecule has 1 amide bonds. The van der Waals surface area contributed by atoms with E-state index >= 15 is 0 Å². The fourth-order valence-electron chi connectivity index (χ4n) is 2.78. The van der Waals surface area contributed by atoms with E-state index in [2.05, 4.69) is 31.6 Å². The number of amides is 1. The number of rotatable bonds is 7. The lowest BCUT2D eigenvalue weighted by Gasteiger charge is -2.09. The molecule has 0 radical (unpaired) electrons. The Kier molecular flexibility index (Phi) is 7.29. The Hall–Kier alpha value is -2.64. The number of aromatic nitrogens is 2. The van der Waals surface area contributed by atoms with Crippen LogP contribution >= 0.6 is 27.5 Å². The van der Waals surface area contributed by atoms with Gasteiger partial charge in [-0.1, -0.05) is 29.8 Å². The molecular weight excluding hydrogens is 468 g/mol. The lowest BCUT2D eigenvalue weighted by molar-refractivity contribution is -0.121. The van der Waals surface area contributed by atoms with Crippen LogP contribution in [0.1, 0.15) is 29.4 Å². The van der Waals surface area contributed by atoms with Gasteiger partial charge in [-0.3, -0.25) is 9.48 Å². The van der Waals surface area contributed by atoms with Gasteiger partial charge < -0.3 is 4.74 Å². The molecule has 8 heteroatoms. The van der Waals surface area contributed by atoms with E-state index in [1.807, 2.05) is 69.3 Å². The Morgan fingerprint density at radius 1 is 1.20 bits per heavy atom. The lowest BCUT2D eigenvalue weighted by atomic mass is 10.1. The number of carbonyl (C=O) groups is 1. The van der Waals surface area contributed by atoms with Crippen LogP contribution < -0.4 is 10.2 Å². The average Bonchev–Trinajstić information content (AvgIpc) is 2.98. The van der Waals surface area contributed by atoms with E-state index in [9.17, 15) is 4.79 Å². The highest BCUT2D eigenvalue weighted by molar-refractivity contribution is 9.10. The number of hydrazone groups is 1. The summed E-state index contributed by atoms with van der Waals surface area (Å²) in [5.41, 5.74) is 6.83. The quantitative estimate of drug-likeness (QED) is 0.374. The molecule has 0 unspecified atom stereocenters. The van der Waals surface area contributed by atoms with Gasteiger partial charge in [0.25, 0.3) is 5.91 Å². The topological polar surface area (TPSA) is 68.5 Å². The van der Waals surface area contributed by atoms with Gasteiger partial charge in [-0.2, -0.15) is 10.2 Å². The van der Waals surface area contributed by atoms with Crippen molar-refractivity contribution in [3.63, 3.8) is 0 Å². The van der Waals surface area contributed by atoms with Crippen molar-refractivity contribution in [1.82, 2.24) is 15.2 Å². The van der Waals surface area contributed by atoms with E-state index in [0.717, 1.165) is 32.7 Å². The minimum Gasteiger partial charge on any atom is -0.489 e. The van der Waals surface area contributed by atoms with Gasteiger partial charge in [0, 0.05) is 10.6 Å². The predicted octanol–water partition coefficient (Wildman–Crippen LogP) is 5.04. The second-order valence-electron chi connectivity index (χ2n) is 6.78. The largest absolute Gasteiger partial charge is 0.489 e. The van der Waals surface area contributed by atoms with Gasteiger partial charge in [0.1, 0.15) is 18.9 Å². The molecule has 30 heavy (non-hydrogen) atoms. The van der Waals surface area contributed by atoms with E-state index in [1.165, 1.54) is 0 Å². The molecule has 0 saturated carbocycles. The third-order valence-corrected chi connectivity index (χ3v) is 6.08. The number of ether oxygens (including phenoxy) is 1. The van der Waals surface area contributed by atoms with Crippen molar-refractivity contribution < 1.29 is 9.53 Å². The van der Waals surface area contributed by atoms with Crippen LogP contribution in [0.15, 0.2) is 58.1 Å². The predicted molar refractivity (Wildman–Crippen MR) is 122 cm³/mol. The fourth-order valence-corrected chi connectivity index (χ4v) is 3.25. The third kappa shape index (κ3) is 5.49. The lowest BCUT2D eigenvalue weighted by Crippen LogP contribution is -2.25. The molecule has 3 aromatic rings. The molecule has 0 fully saturated rings. The van der Waals surface area contributed by atoms with Crippen LogP contribution in [0.3, 0.4) is 0 Å². The first-order chi connectivity index (χ1) is 14.3. The summed E-state index contributed by atoms with van der Waals surface area (Å²) in [6.07, 6.45) is 0. The number of halogens is 2. The summed E-state index contributed by atoms with van der Waals surface area (Å²) < 4.78 is 8.34. The maximum absolute atomic E-state index is 12.2. The number of aryl methyl sites for hydroxylation is 1. The Balaban J connectivity index is 1.56. The molecule has 0 spiro atoms. The van der Waals surface area contributed by atoms with Gasteiger partial charge in [0.2, 0.25) is 0 Å². The molecule has 1 N–H and O–H groups in total. The molecule has 2 aromatic carbocycles. The van der Waals surface area contributed by atoms with Crippen molar-refractivity contribution in [1.29, 1.82) is 0 Å². The molecule has 0 saturated heterocycles. The normalized spacial score (nSPS) is 11.4. The molecular formula is C22H22BrClN4O2. The second-order valence-corrected chi connectivity index (χ2v) is 7.98. The maximum atomic E-state index is 12.2. The summed E-state index contributed by atoms with van der Waals surface area (Å²) in [6.45, 7) is 6.12. The van der Waals surface area contributed by atoms with Crippen molar-refractivity contribution in [3.05, 3.63) is 80.5 Å². The number of carbonyl (C=O) groups excluding carboxylic acids is 1. The zero-order valence-electron chi connectivity index (χ0n) is 16.9. The summed E-state index contributed by atoms with van der Waals surface area (Å²) in [7, 11) is 0. The Labute approximate surface area is 189 Å². The first-order valence-electron chi connectivity index (χ1n) is 9.34. The Bertz CT molecular complexity index is 1080. The van der Waals surface area contributed by atoms with E-state index in [0.29, 0.717) is 17.3 Å². The Morgan fingerprint density at radius 3 is 2.53 bits per heavy atom. The van der Waals surface area contributed by atoms with Crippen LogP contribution in [0.5, 0.6) is 5.75 Å². The van der Waals surface area contributed by atoms with Crippen LogP contribution in [-0.4, -0.2) is 21.4 Å². The smallest absolute Gasteiger partial charge is 0.261 e. The van der Waals surface area contributed by atoms with E-state index in [1.54, 1.807) is 4.68 Å². The van der Waals surface area contributed by atoms with Crippen molar-refractivity contribution in [3.8, 4) is 5.75 Å². The first-order valence-corrected chi connectivity index (χ1v) is 10.5. The number of nitrogens with one attached hydrogen (secondary N) is 1. The monoisotopic (exact) mass is 488 g/mol. The van der Waals surface area contributed by atoms with Crippen molar-refractivity contribution in [2.45, 2.75) is 33.9 Å². The summed E-state index contributed by atoms with van der Waals surface area (Å²) in [6, 6.07) is 15.1. The molecule has 0 atom stereocenters. The minimum absolute atomic E-state index is 0.101. The van der Waals surface area contributed by atoms with Crippen LogP contribution in [0.2, 0.25) is 5.02 Å². The highest BCUT2D eigenvalue weighted by Crippen LogP contribution is 2.20.